The van der Waals surface area contributed by atoms with Gasteiger partial charge < -0.3 is 15.0 Å². The molecule has 0 spiro atoms. The minimum Gasteiger partial charge on any atom is -0.369 e. The molecule has 0 aromatic heterocycles. The highest BCUT2D eigenvalue weighted by Crippen LogP contribution is 2.30. The van der Waals surface area contributed by atoms with E-state index in [1.807, 2.05) is 33.9 Å². The van der Waals surface area contributed by atoms with Crippen molar-refractivity contribution < 1.29 is 9.13 Å². The number of anilines is 1. The first-order chi connectivity index (χ1) is 8.93. The predicted molar refractivity (Wildman–Crippen MR) is 76.0 cm³/mol. The van der Waals surface area contributed by atoms with Crippen molar-refractivity contribution in [2.24, 2.45) is 0 Å². The lowest BCUT2D eigenvalue weighted by Gasteiger charge is -2.43. The van der Waals surface area contributed by atoms with Crippen LogP contribution in [0.3, 0.4) is 0 Å². The molecule has 106 valence electrons. The summed E-state index contributed by atoms with van der Waals surface area (Å²) in [6.45, 7) is 8.23. The molecule has 1 aliphatic heterocycles. The Labute approximate surface area is 114 Å². The molecule has 1 saturated heterocycles. The number of hydrogen-bond acceptors (Lipinski definition) is 3. The van der Waals surface area contributed by atoms with Crippen LogP contribution < -0.4 is 10.2 Å². The van der Waals surface area contributed by atoms with Crippen LogP contribution in [-0.4, -0.2) is 31.8 Å². The number of nitrogens with one attached hydrogen (secondary N) is 1. The van der Waals surface area contributed by atoms with Crippen LogP contribution in [0.25, 0.3) is 0 Å². The van der Waals surface area contributed by atoms with Crippen LogP contribution in [0.4, 0.5) is 10.1 Å². The van der Waals surface area contributed by atoms with E-state index in [0.717, 1.165) is 12.1 Å². The van der Waals surface area contributed by atoms with E-state index >= 15 is 0 Å². The number of halogens is 1. The van der Waals surface area contributed by atoms with Gasteiger partial charge in [-0.3, -0.25) is 0 Å². The lowest BCUT2D eigenvalue weighted by molar-refractivity contribution is -0.0751. The second-order valence-corrected chi connectivity index (χ2v) is 5.85. The summed E-state index contributed by atoms with van der Waals surface area (Å²) in [4.78, 5) is 2.11. The number of hydrogen-bond donors (Lipinski definition) is 1. The number of ether oxygens (including phenoxy) is 1. The first kappa shape index (κ1) is 14.3. The van der Waals surface area contributed by atoms with E-state index in [-0.39, 0.29) is 17.5 Å². The molecule has 1 aliphatic rings. The van der Waals surface area contributed by atoms with Crippen LogP contribution in [0.1, 0.15) is 26.3 Å². The Morgan fingerprint density at radius 2 is 2.21 bits per heavy atom. The van der Waals surface area contributed by atoms with Gasteiger partial charge >= 0.3 is 0 Å². The van der Waals surface area contributed by atoms with Crippen molar-refractivity contribution in [3.63, 3.8) is 0 Å². The lowest BCUT2D eigenvalue weighted by Crippen LogP contribution is -2.52. The molecule has 0 saturated carbocycles. The second kappa shape index (κ2) is 5.47. The van der Waals surface area contributed by atoms with Gasteiger partial charge in [-0.1, -0.05) is 12.1 Å². The topological polar surface area (TPSA) is 24.5 Å². The van der Waals surface area contributed by atoms with Crippen LogP contribution in [-0.2, 0) is 11.3 Å². The molecule has 1 atom stereocenters. The average Bonchev–Trinajstić information content (AvgIpc) is 2.26. The zero-order chi connectivity index (χ0) is 14.0. The molecule has 3 nitrogen and oxygen atoms in total. The van der Waals surface area contributed by atoms with Gasteiger partial charge in [-0.05, 0) is 39.4 Å². The molecule has 2 rings (SSSR count). The molecule has 1 fully saturated rings. The third-order valence-electron chi connectivity index (χ3n) is 3.32. The summed E-state index contributed by atoms with van der Waals surface area (Å²) in [6.07, 6.45) is 0.103. The first-order valence-corrected chi connectivity index (χ1v) is 6.78. The maximum atomic E-state index is 14.2. The van der Waals surface area contributed by atoms with Crippen molar-refractivity contribution in [3.8, 4) is 0 Å². The highest BCUT2D eigenvalue weighted by molar-refractivity contribution is 5.55. The minimum atomic E-state index is -0.253. The number of benzene rings is 1. The second-order valence-electron chi connectivity index (χ2n) is 5.85. The normalized spacial score (nSPS) is 22.6. The van der Waals surface area contributed by atoms with Gasteiger partial charge in [0.15, 0.2) is 0 Å². The van der Waals surface area contributed by atoms with E-state index < -0.39 is 0 Å². The van der Waals surface area contributed by atoms with E-state index in [1.165, 1.54) is 6.07 Å². The van der Waals surface area contributed by atoms with E-state index in [2.05, 4.69) is 10.2 Å². The van der Waals surface area contributed by atoms with Gasteiger partial charge in [0.05, 0.1) is 17.4 Å². The van der Waals surface area contributed by atoms with Crippen molar-refractivity contribution in [3.05, 3.63) is 29.6 Å². The minimum absolute atomic E-state index is 0.103. The van der Waals surface area contributed by atoms with Crippen molar-refractivity contribution in [2.75, 3.05) is 25.0 Å². The van der Waals surface area contributed by atoms with Crippen LogP contribution in [0.5, 0.6) is 0 Å². The van der Waals surface area contributed by atoms with Crippen LogP contribution in [0.15, 0.2) is 18.2 Å². The van der Waals surface area contributed by atoms with Crippen LogP contribution in [0, 0.1) is 5.82 Å². The molecule has 0 bridgehead atoms. The van der Waals surface area contributed by atoms with Crippen LogP contribution in [0.2, 0.25) is 0 Å². The molecular weight excluding hydrogens is 243 g/mol. The van der Waals surface area contributed by atoms with E-state index in [9.17, 15) is 4.39 Å². The Balaban J connectivity index is 2.35. The Bertz CT molecular complexity index is 448. The summed E-state index contributed by atoms with van der Waals surface area (Å²) in [5.74, 6) is -0.155. The molecule has 1 aromatic rings. The number of nitrogens with zero attached hydrogens (tertiary/aromatic N) is 1. The molecule has 19 heavy (non-hydrogen) atoms. The Kier molecular flexibility index (Phi) is 4.11. The molecule has 0 aliphatic carbocycles. The summed E-state index contributed by atoms with van der Waals surface area (Å²) >= 11 is 0. The van der Waals surface area contributed by atoms with E-state index in [1.54, 1.807) is 6.07 Å². The van der Waals surface area contributed by atoms with Gasteiger partial charge in [-0.2, -0.15) is 0 Å². The molecule has 1 aromatic carbocycles. The molecule has 4 heteroatoms. The number of para-hydroxylation sites is 1. The highest BCUT2D eigenvalue weighted by Gasteiger charge is 2.33. The molecule has 1 N–H and O–H groups in total. The molecule has 1 heterocycles. The Morgan fingerprint density at radius 1 is 1.47 bits per heavy atom. The molecule has 1 unspecified atom stereocenters. The van der Waals surface area contributed by atoms with Crippen molar-refractivity contribution in [1.29, 1.82) is 0 Å². The summed E-state index contributed by atoms with van der Waals surface area (Å²) in [7, 11) is 1.88. The van der Waals surface area contributed by atoms with Gasteiger partial charge in [-0.15, -0.1) is 0 Å². The zero-order valence-corrected chi connectivity index (χ0v) is 12.2. The van der Waals surface area contributed by atoms with Gasteiger partial charge in [0.25, 0.3) is 0 Å². The third-order valence-corrected chi connectivity index (χ3v) is 3.32. The summed E-state index contributed by atoms with van der Waals surface area (Å²) in [5.41, 5.74) is 1.45. The summed E-state index contributed by atoms with van der Waals surface area (Å²) in [6, 6.07) is 5.27. The fraction of sp³-hybridized carbons (Fsp3) is 0.600. The first-order valence-electron chi connectivity index (χ1n) is 6.78. The smallest absolute Gasteiger partial charge is 0.146 e. The third kappa shape index (κ3) is 3.25. The van der Waals surface area contributed by atoms with E-state index in [4.69, 9.17) is 4.74 Å². The van der Waals surface area contributed by atoms with Gasteiger partial charge in [-0.25, -0.2) is 4.39 Å². The fourth-order valence-electron chi connectivity index (χ4n) is 2.87. The van der Waals surface area contributed by atoms with Crippen molar-refractivity contribution in [1.82, 2.24) is 5.32 Å². The molecule has 0 amide bonds. The van der Waals surface area contributed by atoms with Crippen molar-refractivity contribution in [2.45, 2.75) is 39.0 Å². The quantitative estimate of drug-likeness (QED) is 0.910. The van der Waals surface area contributed by atoms with Gasteiger partial charge in [0.1, 0.15) is 5.82 Å². The van der Waals surface area contributed by atoms with Gasteiger partial charge in [0, 0.05) is 19.6 Å². The van der Waals surface area contributed by atoms with Gasteiger partial charge in [0.2, 0.25) is 0 Å². The maximum Gasteiger partial charge on any atom is 0.146 e. The Morgan fingerprint density at radius 3 is 2.84 bits per heavy atom. The lowest BCUT2D eigenvalue weighted by atomic mass is 10.0. The average molecular weight is 266 g/mol. The van der Waals surface area contributed by atoms with Crippen LogP contribution >= 0.6 is 0 Å². The zero-order valence-electron chi connectivity index (χ0n) is 12.2. The number of rotatable bonds is 3. The van der Waals surface area contributed by atoms with E-state index in [0.29, 0.717) is 18.8 Å². The number of morpholine rings is 1. The predicted octanol–water partition coefficient (Wildman–Crippen LogP) is 2.55. The standard InChI is InChI=1S/C15H23FN2O/c1-11-9-18(10-15(2,3)19-11)14-12(8-17-4)6-5-7-13(14)16/h5-7,11,17H,8-10H2,1-4H3. The largest absolute Gasteiger partial charge is 0.369 e. The molecular formula is C15H23FN2O. The Hall–Kier alpha value is -1.13. The fourth-order valence-corrected chi connectivity index (χ4v) is 2.87. The highest BCUT2D eigenvalue weighted by atomic mass is 19.1. The summed E-state index contributed by atoms with van der Waals surface area (Å²) < 4.78 is 20.1. The summed E-state index contributed by atoms with van der Waals surface area (Å²) in [5, 5.41) is 3.10. The monoisotopic (exact) mass is 266 g/mol. The molecule has 0 radical (unpaired) electrons. The van der Waals surface area contributed by atoms with Crippen molar-refractivity contribution >= 4 is 5.69 Å². The SMILES string of the molecule is CNCc1cccc(F)c1N1CC(C)OC(C)(C)C1. The maximum absolute atomic E-state index is 14.2.